The summed E-state index contributed by atoms with van der Waals surface area (Å²) in [6, 6.07) is 7.54. The smallest absolute Gasteiger partial charge is 0.259 e. The molecule has 35 heavy (non-hydrogen) atoms. The standard InChI is InChI=1S/C27H25N5O3/c33-17-7-1-3-13-31-15-20(18-9-5-11-28-24(18)31)22-23(27(35)30-26(22)34)21-16-32(14-4-2-8-17)25-19(21)10-6-12-29-25/h5-6,9-12,15-16H,1-4,7-8,13-14H2,(H,30,34,35). The van der Waals surface area contributed by atoms with Crippen LogP contribution in [-0.4, -0.2) is 36.7 Å². The van der Waals surface area contributed by atoms with Crippen LogP contribution >= 0.6 is 0 Å². The zero-order valence-electron chi connectivity index (χ0n) is 19.3. The summed E-state index contributed by atoms with van der Waals surface area (Å²) in [7, 11) is 0. The number of pyridine rings is 2. The minimum atomic E-state index is -0.402. The van der Waals surface area contributed by atoms with E-state index in [0.717, 1.165) is 47.8 Å². The van der Waals surface area contributed by atoms with Crippen molar-refractivity contribution in [2.45, 2.75) is 51.6 Å². The number of hydrogen-bond donors (Lipinski definition) is 1. The van der Waals surface area contributed by atoms with E-state index in [1.807, 2.05) is 45.8 Å². The minimum absolute atomic E-state index is 0.296. The number of nitrogens with zero attached hydrogens (tertiary/aromatic N) is 4. The summed E-state index contributed by atoms with van der Waals surface area (Å²) in [5.41, 5.74) is 3.65. The molecule has 8 nitrogen and oxygen atoms in total. The third-order valence-corrected chi connectivity index (χ3v) is 6.95. The molecule has 0 unspecified atom stereocenters. The Kier molecular flexibility index (Phi) is 5.28. The molecule has 0 saturated heterocycles. The lowest BCUT2D eigenvalue weighted by Gasteiger charge is -2.06. The second-order valence-corrected chi connectivity index (χ2v) is 9.21. The molecule has 0 spiro atoms. The van der Waals surface area contributed by atoms with Gasteiger partial charge in [0.2, 0.25) is 0 Å². The van der Waals surface area contributed by atoms with Crippen molar-refractivity contribution < 1.29 is 14.4 Å². The summed E-state index contributed by atoms with van der Waals surface area (Å²) >= 11 is 0. The number of carbonyl (C=O) groups is 3. The van der Waals surface area contributed by atoms with E-state index in [1.54, 1.807) is 12.4 Å². The number of aryl methyl sites for hydroxylation is 2. The predicted octanol–water partition coefficient (Wildman–Crippen LogP) is 3.88. The normalized spacial score (nSPS) is 17.7. The molecule has 4 aromatic heterocycles. The molecule has 8 heteroatoms. The lowest BCUT2D eigenvalue weighted by molar-refractivity contribution is -0.123. The number of Topliss-reactive ketones (excluding diaryl/α,β-unsaturated/α-hetero) is 1. The Morgan fingerprint density at radius 2 is 1.17 bits per heavy atom. The third kappa shape index (κ3) is 3.65. The first kappa shape index (κ1) is 21.5. The Morgan fingerprint density at radius 1 is 0.686 bits per heavy atom. The predicted molar refractivity (Wildman–Crippen MR) is 132 cm³/mol. The molecule has 0 aromatic carbocycles. The van der Waals surface area contributed by atoms with E-state index in [9.17, 15) is 14.4 Å². The maximum Gasteiger partial charge on any atom is 0.259 e. The Hall–Kier alpha value is -4.07. The van der Waals surface area contributed by atoms with Gasteiger partial charge in [0.05, 0.1) is 11.1 Å². The van der Waals surface area contributed by atoms with Gasteiger partial charge in [-0.1, -0.05) is 0 Å². The molecule has 2 aliphatic rings. The van der Waals surface area contributed by atoms with Gasteiger partial charge in [0, 0.05) is 72.6 Å². The minimum Gasteiger partial charge on any atom is -0.332 e. The van der Waals surface area contributed by atoms with Crippen LogP contribution in [0.4, 0.5) is 0 Å². The highest BCUT2D eigenvalue weighted by Crippen LogP contribution is 2.38. The molecule has 0 fully saturated rings. The fourth-order valence-electron chi connectivity index (χ4n) is 5.29. The molecule has 0 radical (unpaired) electrons. The second kappa shape index (κ2) is 8.61. The van der Waals surface area contributed by atoms with Crippen LogP contribution in [0.3, 0.4) is 0 Å². The van der Waals surface area contributed by atoms with E-state index in [-0.39, 0.29) is 0 Å². The molecule has 0 atom stereocenters. The first-order chi connectivity index (χ1) is 17.1. The number of amides is 2. The van der Waals surface area contributed by atoms with Crippen LogP contribution in [0.5, 0.6) is 0 Å². The molecule has 1 N–H and O–H groups in total. The monoisotopic (exact) mass is 467 g/mol. The number of aromatic nitrogens is 4. The molecule has 4 aromatic rings. The molecule has 6 heterocycles. The summed E-state index contributed by atoms with van der Waals surface area (Å²) in [5, 5.41) is 4.17. The van der Waals surface area contributed by atoms with Crippen molar-refractivity contribution in [2.24, 2.45) is 0 Å². The van der Waals surface area contributed by atoms with Gasteiger partial charge in [-0.25, -0.2) is 9.97 Å². The third-order valence-electron chi connectivity index (χ3n) is 6.95. The fourth-order valence-corrected chi connectivity index (χ4v) is 5.29. The molecule has 2 amide bonds. The van der Waals surface area contributed by atoms with E-state index in [4.69, 9.17) is 0 Å². The van der Waals surface area contributed by atoms with Crippen LogP contribution in [0.15, 0.2) is 49.1 Å². The molecule has 0 saturated carbocycles. The van der Waals surface area contributed by atoms with Crippen LogP contribution in [0.2, 0.25) is 0 Å². The van der Waals surface area contributed by atoms with Crippen LogP contribution in [-0.2, 0) is 27.5 Å². The second-order valence-electron chi connectivity index (χ2n) is 9.21. The highest BCUT2D eigenvalue weighted by molar-refractivity contribution is 6.50. The summed E-state index contributed by atoms with van der Waals surface area (Å²) in [4.78, 5) is 47.8. The number of rotatable bonds is 0. The van der Waals surface area contributed by atoms with Crippen LogP contribution in [0.1, 0.15) is 49.7 Å². The zero-order chi connectivity index (χ0) is 23.9. The maximum absolute atomic E-state index is 13.2. The quantitative estimate of drug-likeness (QED) is 0.396. The number of carbonyl (C=O) groups excluding carboxylic acids is 3. The van der Waals surface area contributed by atoms with Gasteiger partial charge in [0.15, 0.2) is 0 Å². The summed E-state index contributed by atoms with van der Waals surface area (Å²) in [6.45, 7) is 1.37. The molecular weight excluding hydrogens is 442 g/mol. The molecule has 4 bridgehead atoms. The lowest BCUT2D eigenvalue weighted by atomic mass is 9.96. The van der Waals surface area contributed by atoms with Crippen molar-refractivity contribution in [1.82, 2.24) is 24.4 Å². The van der Waals surface area contributed by atoms with Crippen LogP contribution < -0.4 is 5.32 Å². The summed E-state index contributed by atoms with van der Waals surface area (Å²) < 4.78 is 4.05. The van der Waals surface area contributed by atoms with Gasteiger partial charge < -0.3 is 9.13 Å². The average Bonchev–Trinajstić information content (AvgIpc) is 3.50. The highest BCUT2D eigenvalue weighted by atomic mass is 16.2. The number of ketones is 1. The highest BCUT2D eigenvalue weighted by Gasteiger charge is 2.35. The molecule has 176 valence electrons. The maximum atomic E-state index is 13.2. The van der Waals surface area contributed by atoms with Gasteiger partial charge in [-0.2, -0.15) is 0 Å². The Balaban J connectivity index is 1.60. The summed E-state index contributed by atoms with van der Waals surface area (Å²) in [6.07, 6.45) is 11.7. The Morgan fingerprint density at radius 3 is 1.66 bits per heavy atom. The zero-order valence-corrected chi connectivity index (χ0v) is 19.3. The van der Waals surface area contributed by atoms with Gasteiger partial charge in [-0.15, -0.1) is 0 Å². The van der Waals surface area contributed by atoms with Crippen molar-refractivity contribution in [3.05, 3.63) is 60.2 Å². The van der Waals surface area contributed by atoms with E-state index < -0.39 is 11.8 Å². The van der Waals surface area contributed by atoms with E-state index in [0.29, 0.717) is 54.0 Å². The summed E-state index contributed by atoms with van der Waals surface area (Å²) in [5.74, 6) is -0.507. The Labute approximate surface area is 201 Å². The van der Waals surface area contributed by atoms with Crippen molar-refractivity contribution in [3.8, 4) is 0 Å². The fraction of sp³-hybridized carbons (Fsp3) is 0.296. The van der Waals surface area contributed by atoms with Crippen LogP contribution in [0, 0.1) is 0 Å². The Bertz CT molecular complexity index is 1430. The van der Waals surface area contributed by atoms with Crippen molar-refractivity contribution in [1.29, 1.82) is 0 Å². The van der Waals surface area contributed by atoms with Gasteiger partial charge >= 0.3 is 0 Å². The van der Waals surface area contributed by atoms with Gasteiger partial charge in [-0.3, -0.25) is 19.7 Å². The van der Waals surface area contributed by atoms with E-state index >= 15 is 0 Å². The topological polar surface area (TPSA) is 98.9 Å². The van der Waals surface area contributed by atoms with Crippen molar-refractivity contribution in [2.75, 3.05) is 0 Å². The largest absolute Gasteiger partial charge is 0.332 e. The van der Waals surface area contributed by atoms with Crippen molar-refractivity contribution in [3.63, 3.8) is 0 Å². The first-order valence-electron chi connectivity index (χ1n) is 12.1. The molecular formula is C27H25N5O3. The number of imide groups is 1. The van der Waals surface area contributed by atoms with Crippen LogP contribution in [0.25, 0.3) is 33.2 Å². The number of fused-ring (bicyclic) bond motifs is 12. The molecule has 2 aliphatic heterocycles. The van der Waals surface area contributed by atoms with E-state index in [2.05, 4.69) is 15.3 Å². The van der Waals surface area contributed by atoms with Gasteiger partial charge in [-0.05, 0) is 49.9 Å². The van der Waals surface area contributed by atoms with Gasteiger partial charge in [0.1, 0.15) is 17.1 Å². The molecule has 0 aliphatic carbocycles. The first-order valence-corrected chi connectivity index (χ1v) is 12.1. The SMILES string of the molecule is O=C1CCCCn2cc(c3cccnc32)C2=C(C(=O)NC2=O)c2cn(c3ncccc23)CCCC1. The van der Waals surface area contributed by atoms with E-state index in [1.165, 1.54) is 0 Å². The number of nitrogens with one attached hydrogen (secondary N) is 1. The molecule has 6 rings (SSSR count). The van der Waals surface area contributed by atoms with Crippen molar-refractivity contribution >= 4 is 50.8 Å². The lowest BCUT2D eigenvalue weighted by Crippen LogP contribution is -2.22. The average molecular weight is 468 g/mol. The number of hydrogen-bond acceptors (Lipinski definition) is 5. The van der Waals surface area contributed by atoms with Gasteiger partial charge in [0.25, 0.3) is 11.8 Å².